The topological polar surface area (TPSA) is 75.6 Å². The van der Waals surface area contributed by atoms with E-state index in [0.29, 0.717) is 12.2 Å². The van der Waals surface area contributed by atoms with E-state index in [4.69, 9.17) is 9.84 Å². The van der Waals surface area contributed by atoms with Crippen molar-refractivity contribution in [2.75, 3.05) is 6.61 Å². The van der Waals surface area contributed by atoms with Gasteiger partial charge in [0.25, 0.3) is 5.91 Å². The summed E-state index contributed by atoms with van der Waals surface area (Å²) < 4.78 is 5.51. The number of aliphatic carboxylic acids is 1. The Morgan fingerprint density at radius 2 is 2.10 bits per heavy atom. The van der Waals surface area contributed by atoms with Crippen molar-refractivity contribution >= 4 is 11.9 Å². The lowest BCUT2D eigenvalue weighted by atomic mass is 10.1. The van der Waals surface area contributed by atoms with Crippen LogP contribution in [0, 0.1) is 19.8 Å². The van der Waals surface area contributed by atoms with E-state index < -0.39 is 11.9 Å². The van der Waals surface area contributed by atoms with Crippen LogP contribution in [0.3, 0.4) is 0 Å². The maximum absolute atomic E-state index is 11.8. The van der Waals surface area contributed by atoms with Crippen molar-refractivity contribution in [3.05, 3.63) is 41.5 Å². The first-order valence-electron chi connectivity index (χ1n) is 6.87. The summed E-state index contributed by atoms with van der Waals surface area (Å²) in [5, 5.41) is 11.6. The third-order valence-electron chi connectivity index (χ3n) is 3.66. The lowest BCUT2D eigenvalue weighted by molar-refractivity contribution is -0.140. The van der Waals surface area contributed by atoms with Crippen LogP contribution in [0.2, 0.25) is 0 Å². The summed E-state index contributed by atoms with van der Waals surface area (Å²) in [6.07, 6.45) is 3.72. The van der Waals surface area contributed by atoms with Gasteiger partial charge in [-0.05, 0) is 37.5 Å². The molecule has 2 unspecified atom stereocenters. The normalized spacial score (nSPS) is 20.3. The van der Waals surface area contributed by atoms with Crippen molar-refractivity contribution in [1.82, 2.24) is 5.32 Å². The van der Waals surface area contributed by atoms with Crippen LogP contribution in [0.5, 0.6) is 5.75 Å². The van der Waals surface area contributed by atoms with Gasteiger partial charge in [0.05, 0.1) is 5.92 Å². The zero-order chi connectivity index (χ0) is 15.4. The Morgan fingerprint density at radius 3 is 2.76 bits per heavy atom. The van der Waals surface area contributed by atoms with Gasteiger partial charge in [-0.25, -0.2) is 0 Å². The molecule has 0 aliphatic heterocycles. The Hall–Kier alpha value is -2.30. The summed E-state index contributed by atoms with van der Waals surface area (Å²) in [6.45, 7) is 3.85. The number of amides is 1. The number of nitrogens with one attached hydrogen (secondary N) is 1. The van der Waals surface area contributed by atoms with E-state index in [1.165, 1.54) is 0 Å². The zero-order valence-corrected chi connectivity index (χ0v) is 12.1. The van der Waals surface area contributed by atoms with Gasteiger partial charge in [-0.15, -0.1) is 0 Å². The predicted octanol–water partition coefficient (Wildman–Crippen LogP) is 1.83. The molecule has 5 nitrogen and oxygen atoms in total. The molecule has 1 aliphatic carbocycles. The maximum atomic E-state index is 11.8. The molecule has 0 aromatic heterocycles. The third-order valence-corrected chi connectivity index (χ3v) is 3.66. The van der Waals surface area contributed by atoms with E-state index in [0.717, 1.165) is 11.1 Å². The molecule has 5 heteroatoms. The van der Waals surface area contributed by atoms with E-state index in [1.54, 1.807) is 12.2 Å². The van der Waals surface area contributed by atoms with Gasteiger partial charge in [0.15, 0.2) is 6.61 Å². The van der Waals surface area contributed by atoms with Crippen molar-refractivity contribution in [3.63, 3.8) is 0 Å². The highest BCUT2D eigenvalue weighted by Crippen LogP contribution is 2.21. The molecule has 2 atom stereocenters. The number of benzene rings is 1. The Bertz CT molecular complexity index is 580. The maximum Gasteiger partial charge on any atom is 0.310 e. The van der Waals surface area contributed by atoms with Crippen molar-refractivity contribution in [2.45, 2.75) is 26.3 Å². The molecule has 0 radical (unpaired) electrons. The molecule has 21 heavy (non-hydrogen) atoms. The molecule has 112 valence electrons. The highest BCUT2D eigenvalue weighted by molar-refractivity contribution is 5.79. The minimum absolute atomic E-state index is 0.0770. The largest absolute Gasteiger partial charge is 0.483 e. The molecule has 1 aromatic rings. The molecule has 1 amide bonds. The van der Waals surface area contributed by atoms with Gasteiger partial charge >= 0.3 is 5.97 Å². The lowest BCUT2D eigenvalue weighted by Crippen LogP contribution is -2.36. The lowest BCUT2D eigenvalue weighted by Gasteiger charge is -2.14. The van der Waals surface area contributed by atoms with Crippen molar-refractivity contribution in [3.8, 4) is 5.75 Å². The van der Waals surface area contributed by atoms with Crippen LogP contribution in [-0.4, -0.2) is 29.6 Å². The third kappa shape index (κ3) is 3.84. The molecule has 0 bridgehead atoms. The van der Waals surface area contributed by atoms with Gasteiger partial charge in [-0.2, -0.15) is 0 Å². The number of carbonyl (C=O) groups excluding carboxylic acids is 1. The van der Waals surface area contributed by atoms with Gasteiger partial charge in [-0.3, -0.25) is 9.59 Å². The quantitative estimate of drug-likeness (QED) is 0.811. The molecule has 1 aliphatic rings. The van der Waals surface area contributed by atoms with E-state index >= 15 is 0 Å². The summed E-state index contributed by atoms with van der Waals surface area (Å²) >= 11 is 0. The number of carboxylic acids is 1. The minimum Gasteiger partial charge on any atom is -0.483 e. The molecular formula is C16H19NO4. The van der Waals surface area contributed by atoms with Crippen LogP contribution >= 0.6 is 0 Å². The summed E-state index contributed by atoms with van der Waals surface area (Å²) in [4.78, 5) is 22.7. The average Bonchev–Trinajstić information content (AvgIpc) is 2.89. The van der Waals surface area contributed by atoms with Gasteiger partial charge in [0, 0.05) is 6.04 Å². The SMILES string of the molecule is Cc1cccc(OCC(=O)NC2C=CC(C(=O)O)C2)c1C. The molecule has 0 saturated carbocycles. The van der Waals surface area contributed by atoms with Gasteiger partial charge < -0.3 is 15.2 Å². The van der Waals surface area contributed by atoms with Crippen molar-refractivity contribution in [1.29, 1.82) is 0 Å². The molecule has 0 fully saturated rings. The fourth-order valence-electron chi connectivity index (χ4n) is 2.26. The number of rotatable bonds is 5. The van der Waals surface area contributed by atoms with Crippen LogP contribution in [0.4, 0.5) is 0 Å². The van der Waals surface area contributed by atoms with E-state index in [2.05, 4.69) is 5.32 Å². The second-order valence-electron chi connectivity index (χ2n) is 5.23. The highest BCUT2D eigenvalue weighted by Gasteiger charge is 2.25. The number of carboxylic acid groups (broad SMARTS) is 1. The number of hydrogen-bond donors (Lipinski definition) is 2. The van der Waals surface area contributed by atoms with Crippen LogP contribution in [0.1, 0.15) is 17.5 Å². The average molecular weight is 289 g/mol. The van der Waals surface area contributed by atoms with E-state index in [1.807, 2.05) is 32.0 Å². The smallest absolute Gasteiger partial charge is 0.310 e. The van der Waals surface area contributed by atoms with E-state index in [9.17, 15) is 9.59 Å². The second-order valence-corrected chi connectivity index (χ2v) is 5.23. The molecule has 2 rings (SSSR count). The van der Waals surface area contributed by atoms with Crippen molar-refractivity contribution in [2.24, 2.45) is 5.92 Å². The first-order valence-corrected chi connectivity index (χ1v) is 6.87. The van der Waals surface area contributed by atoms with Crippen LogP contribution in [0.15, 0.2) is 30.4 Å². The molecule has 1 aromatic carbocycles. The fourth-order valence-corrected chi connectivity index (χ4v) is 2.26. The van der Waals surface area contributed by atoms with Gasteiger partial charge in [0.1, 0.15) is 5.75 Å². The van der Waals surface area contributed by atoms with E-state index in [-0.39, 0.29) is 18.6 Å². The Kier molecular flexibility index (Phi) is 4.62. The number of ether oxygens (including phenoxy) is 1. The Morgan fingerprint density at radius 1 is 1.33 bits per heavy atom. The predicted molar refractivity (Wildman–Crippen MR) is 78.2 cm³/mol. The van der Waals surface area contributed by atoms with Crippen LogP contribution in [0.25, 0.3) is 0 Å². The Labute approximate surface area is 123 Å². The minimum atomic E-state index is -0.866. The summed E-state index contributed by atoms with van der Waals surface area (Å²) in [6, 6.07) is 5.46. The number of hydrogen-bond acceptors (Lipinski definition) is 3. The van der Waals surface area contributed by atoms with Crippen LogP contribution in [-0.2, 0) is 9.59 Å². The first-order chi connectivity index (χ1) is 9.97. The second kappa shape index (κ2) is 6.43. The van der Waals surface area contributed by atoms with Gasteiger partial charge in [0.2, 0.25) is 0 Å². The Balaban J connectivity index is 1.82. The molecule has 2 N–H and O–H groups in total. The summed E-state index contributed by atoms with van der Waals surface area (Å²) in [7, 11) is 0. The molecular weight excluding hydrogens is 270 g/mol. The van der Waals surface area contributed by atoms with Gasteiger partial charge in [-0.1, -0.05) is 24.3 Å². The standard InChI is InChI=1S/C16H19NO4/c1-10-4-3-5-14(11(10)2)21-9-15(18)17-13-7-6-12(8-13)16(19)20/h3-7,12-13H,8-9H2,1-2H3,(H,17,18)(H,19,20). The molecule has 0 heterocycles. The van der Waals surface area contributed by atoms with Crippen LogP contribution < -0.4 is 10.1 Å². The number of aryl methyl sites for hydroxylation is 1. The van der Waals surface area contributed by atoms with Crippen molar-refractivity contribution < 1.29 is 19.4 Å². The monoisotopic (exact) mass is 289 g/mol. The zero-order valence-electron chi connectivity index (χ0n) is 12.1. The molecule has 0 spiro atoms. The fraction of sp³-hybridized carbons (Fsp3) is 0.375. The number of carbonyl (C=O) groups is 2. The molecule has 0 saturated heterocycles. The summed E-state index contributed by atoms with van der Waals surface area (Å²) in [5.74, 6) is -0.947. The summed E-state index contributed by atoms with van der Waals surface area (Å²) in [5.41, 5.74) is 2.12. The first kappa shape index (κ1) is 15.1. The highest BCUT2D eigenvalue weighted by atomic mass is 16.5.